The number of carboxylic acid groups (broad SMARTS) is 1. The first-order valence-corrected chi connectivity index (χ1v) is 3.64. The van der Waals surface area contributed by atoms with E-state index in [0.717, 1.165) is 6.42 Å². The fourth-order valence-corrected chi connectivity index (χ4v) is 0.881. The van der Waals surface area contributed by atoms with Crippen molar-refractivity contribution in [2.24, 2.45) is 5.92 Å². The zero-order valence-electron chi connectivity index (χ0n) is 6.54. The quantitative estimate of drug-likeness (QED) is 0.610. The molecule has 0 aromatic heterocycles. The lowest BCUT2D eigenvalue weighted by Gasteiger charge is -2.05. The van der Waals surface area contributed by atoms with Crippen molar-refractivity contribution in [2.75, 3.05) is 0 Å². The summed E-state index contributed by atoms with van der Waals surface area (Å²) in [5, 5.41) is 8.58. The molecule has 0 aliphatic rings. The van der Waals surface area contributed by atoms with Crippen LogP contribution in [0.25, 0.3) is 0 Å². The molecular weight excluding hydrogens is 144 g/mol. The summed E-state index contributed by atoms with van der Waals surface area (Å²) in [6.45, 7) is 1.92. The Hall–Kier alpha value is -1.08. The van der Waals surface area contributed by atoms with Crippen LogP contribution < -0.4 is 0 Å². The van der Waals surface area contributed by atoms with Gasteiger partial charge in [0.15, 0.2) is 0 Å². The average Bonchev–Trinajstić information content (AvgIpc) is 1.97. The second-order valence-corrected chi connectivity index (χ2v) is 2.38. The maximum absolute atomic E-state index is 10.4. The van der Waals surface area contributed by atoms with E-state index in [4.69, 9.17) is 5.11 Å². The van der Waals surface area contributed by atoms with E-state index in [2.05, 4.69) is 0 Å². The van der Waals surface area contributed by atoms with Crippen LogP contribution in [-0.4, -0.2) is 17.0 Å². The summed E-state index contributed by atoms with van der Waals surface area (Å²) < 4.78 is 0. The molecule has 0 aromatic rings. The van der Waals surface area contributed by atoms with Gasteiger partial charge in [-0.15, -0.1) is 0 Å². The van der Waals surface area contributed by atoms with Gasteiger partial charge >= 0.3 is 5.97 Å². The molecule has 0 radical (unpaired) electrons. The maximum atomic E-state index is 10.4. The molecule has 1 N–H and O–H groups in total. The summed E-state index contributed by atoms with van der Waals surface area (Å²) in [4.78, 5) is 20.2. The topological polar surface area (TPSA) is 54.4 Å². The Kier molecular flexibility index (Phi) is 5.13. The highest BCUT2D eigenvalue weighted by Crippen LogP contribution is 2.10. The fraction of sp³-hybridized carbons (Fsp3) is 0.625. The lowest BCUT2D eigenvalue weighted by atomic mass is 10.0. The van der Waals surface area contributed by atoms with Crippen LogP contribution in [0, 0.1) is 5.92 Å². The van der Waals surface area contributed by atoms with E-state index < -0.39 is 11.9 Å². The first kappa shape index (κ1) is 9.92. The number of carbonyl (C=O) groups is 1. The molecule has 11 heavy (non-hydrogen) atoms. The molecule has 1 unspecified atom stereocenters. The molecule has 0 aliphatic heterocycles. The van der Waals surface area contributed by atoms with E-state index in [1.807, 2.05) is 6.92 Å². The van der Waals surface area contributed by atoms with Crippen molar-refractivity contribution in [1.82, 2.24) is 0 Å². The lowest BCUT2D eigenvalue weighted by Crippen LogP contribution is -2.12. The van der Waals surface area contributed by atoms with Crippen LogP contribution in [0.1, 0.15) is 26.2 Å². The maximum Gasteiger partial charge on any atom is 0.306 e. The minimum atomic E-state index is -0.835. The molecule has 0 aliphatic carbocycles. The summed E-state index contributed by atoms with van der Waals surface area (Å²) >= 11 is 0. The van der Waals surface area contributed by atoms with Crippen molar-refractivity contribution in [3.8, 4) is 0 Å². The van der Waals surface area contributed by atoms with Crippen LogP contribution in [0.15, 0.2) is 6.08 Å². The number of hydrogen-bond donors (Lipinski definition) is 1. The Balaban J connectivity index is 3.88. The Morgan fingerprint density at radius 2 is 2.36 bits per heavy atom. The molecule has 3 nitrogen and oxygen atoms in total. The molecule has 1 atom stereocenters. The van der Waals surface area contributed by atoms with Crippen LogP contribution in [-0.2, 0) is 9.59 Å². The highest BCUT2D eigenvalue weighted by atomic mass is 16.4. The van der Waals surface area contributed by atoms with Gasteiger partial charge in [-0.1, -0.05) is 13.3 Å². The highest BCUT2D eigenvalue weighted by molar-refractivity contribution is 5.70. The monoisotopic (exact) mass is 156 g/mol. The molecule has 0 saturated heterocycles. The van der Waals surface area contributed by atoms with Gasteiger partial charge in [0.2, 0.25) is 0 Å². The first-order chi connectivity index (χ1) is 5.22. The van der Waals surface area contributed by atoms with Crippen molar-refractivity contribution >= 4 is 11.9 Å². The average molecular weight is 156 g/mol. The minimum absolute atomic E-state index is 0.298. The van der Waals surface area contributed by atoms with Crippen LogP contribution >= 0.6 is 0 Å². The predicted octanol–water partition coefficient (Wildman–Crippen LogP) is 1.27. The molecule has 0 aromatic carbocycles. The third kappa shape index (κ3) is 4.34. The van der Waals surface area contributed by atoms with E-state index in [-0.39, 0.29) is 0 Å². The normalized spacial score (nSPS) is 11.7. The Bertz CT molecular complexity index is 168. The Morgan fingerprint density at radius 3 is 2.73 bits per heavy atom. The molecule has 0 fully saturated rings. The molecule has 0 bridgehead atoms. The van der Waals surface area contributed by atoms with Crippen LogP contribution in [0.5, 0.6) is 0 Å². The Morgan fingerprint density at radius 1 is 1.73 bits per heavy atom. The molecule has 0 rings (SSSR count). The van der Waals surface area contributed by atoms with E-state index in [1.54, 1.807) is 5.94 Å². The number of rotatable bonds is 5. The van der Waals surface area contributed by atoms with Gasteiger partial charge in [-0.25, -0.2) is 4.79 Å². The molecular formula is C8H12O3. The zero-order valence-corrected chi connectivity index (χ0v) is 6.54. The second-order valence-electron chi connectivity index (χ2n) is 2.38. The predicted molar refractivity (Wildman–Crippen MR) is 40.9 cm³/mol. The SMILES string of the molecule is CCCC(CC=C=O)C(=O)O. The lowest BCUT2D eigenvalue weighted by molar-refractivity contribution is -0.141. The standard InChI is InChI=1S/C8H12O3/c1-2-4-7(8(10)11)5-3-6-9/h3,7H,2,4-5H2,1H3,(H,10,11). The van der Waals surface area contributed by atoms with Crippen molar-refractivity contribution in [3.63, 3.8) is 0 Å². The van der Waals surface area contributed by atoms with Gasteiger partial charge in [0.1, 0.15) is 5.94 Å². The number of allylic oxidation sites excluding steroid dienone is 1. The summed E-state index contributed by atoms with van der Waals surface area (Å²) in [7, 11) is 0. The molecule has 62 valence electrons. The molecule has 3 heteroatoms. The van der Waals surface area contributed by atoms with Gasteiger partial charge in [-0.3, -0.25) is 4.79 Å². The summed E-state index contributed by atoms with van der Waals surface area (Å²) in [5.74, 6) is 0.323. The van der Waals surface area contributed by atoms with Gasteiger partial charge in [-0.2, -0.15) is 0 Å². The summed E-state index contributed by atoms with van der Waals surface area (Å²) in [5.41, 5.74) is 0. The molecule has 0 spiro atoms. The molecule has 0 amide bonds. The van der Waals surface area contributed by atoms with E-state index in [1.165, 1.54) is 6.08 Å². The largest absolute Gasteiger partial charge is 0.481 e. The fourth-order valence-electron chi connectivity index (χ4n) is 0.881. The van der Waals surface area contributed by atoms with Gasteiger partial charge < -0.3 is 5.11 Å². The number of hydrogen-bond acceptors (Lipinski definition) is 2. The summed E-state index contributed by atoms with van der Waals surface area (Å²) in [6.07, 6.45) is 2.97. The smallest absolute Gasteiger partial charge is 0.306 e. The summed E-state index contributed by atoms with van der Waals surface area (Å²) in [6, 6.07) is 0. The first-order valence-electron chi connectivity index (χ1n) is 3.64. The van der Waals surface area contributed by atoms with Crippen molar-refractivity contribution in [1.29, 1.82) is 0 Å². The third-order valence-electron chi connectivity index (χ3n) is 1.47. The van der Waals surface area contributed by atoms with Crippen molar-refractivity contribution in [2.45, 2.75) is 26.2 Å². The Labute approximate surface area is 65.7 Å². The van der Waals surface area contributed by atoms with Crippen LogP contribution in [0.4, 0.5) is 0 Å². The van der Waals surface area contributed by atoms with E-state index in [9.17, 15) is 9.59 Å². The van der Waals surface area contributed by atoms with E-state index in [0.29, 0.717) is 12.8 Å². The number of carboxylic acids is 1. The molecule has 0 heterocycles. The molecule has 0 saturated carbocycles. The number of aliphatic carboxylic acids is 1. The minimum Gasteiger partial charge on any atom is -0.481 e. The highest BCUT2D eigenvalue weighted by Gasteiger charge is 2.13. The zero-order chi connectivity index (χ0) is 8.69. The number of carbonyl (C=O) groups excluding carboxylic acids is 1. The van der Waals surface area contributed by atoms with Crippen molar-refractivity contribution in [3.05, 3.63) is 6.08 Å². The van der Waals surface area contributed by atoms with E-state index >= 15 is 0 Å². The van der Waals surface area contributed by atoms with Gasteiger partial charge in [0.25, 0.3) is 0 Å². The van der Waals surface area contributed by atoms with Crippen LogP contribution in [0.3, 0.4) is 0 Å². The van der Waals surface area contributed by atoms with Gasteiger partial charge in [0.05, 0.1) is 5.92 Å². The second kappa shape index (κ2) is 5.69. The van der Waals surface area contributed by atoms with Crippen molar-refractivity contribution < 1.29 is 14.7 Å². The van der Waals surface area contributed by atoms with Crippen LogP contribution in [0.2, 0.25) is 0 Å². The van der Waals surface area contributed by atoms with Gasteiger partial charge in [-0.05, 0) is 12.8 Å². The third-order valence-corrected chi connectivity index (χ3v) is 1.47. The van der Waals surface area contributed by atoms with Gasteiger partial charge in [0, 0.05) is 6.08 Å².